The summed E-state index contributed by atoms with van der Waals surface area (Å²) in [6.45, 7) is 0. The van der Waals surface area contributed by atoms with E-state index < -0.39 is 0 Å². The lowest BCUT2D eigenvalue weighted by atomic mass is 10.5. The number of imidazole rings is 1. The smallest absolute Gasteiger partial charge is 0.138 e. The fourth-order valence-corrected chi connectivity index (χ4v) is 1.93. The Bertz CT molecular complexity index is 440. The zero-order valence-electron chi connectivity index (χ0n) is 5.76. The molecule has 12 heavy (non-hydrogen) atoms. The van der Waals surface area contributed by atoms with E-state index in [1.807, 2.05) is 16.7 Å². The van der Waals surface area contributed by atoms with E-state index in [4.69, 9.17) is 11.6 Å². The first-order valence-corrected chi connectivity index (χ1v) is 5.41. The van der Waals surface area contributed by atoms with Gasteiger partial charge in [0.15, 0.2) is 0 Å². The molecule has 0 saturated carbocycles. The van der Waals surface area contributed by atoms with E-state index in [1.54, 1.807) is 6.20 Å². The Kier molecular flexibility index (Phi) is 2.31. The van der Waals surface area contributed by atoms with E-state index in [1.165, 1.54) is 0 Å². The van der Waals surface area contributed by atoms with Crippen molar-refractivity contribution < 1.29 is 0 Å². The van der Waals surface area contributed by atoms with E-state index in [9.17, 15) is 0 Å². The molecule has 0 bridgehead atoms. The maximum Gasteiger partial charge on any atom is 0.138 e. The molecule has 2 aromatic rings. The monoisotopic (exact) mass is 356 g/mol. The molecule has 2 heterocycles. The van der Waals surface area contributed by atoms with Gasteiger partial charge in [0, 0.05) is 10.7 Å². The Morgan fingerprint density at radius 2 is 2.33 bits per heavy atom. The SMILES string of the molecule is Clc1cn2c(I)cnc2cc1Br. The predicted molar refractivity (Wildman–Crippen MR) is 60.6 cm³/mol. The summed E-state index contributed by atoms with van der Waals surface area (Å²) in [6, 6.07) is 1.89. The summed E-state index contributed by atoms with van der Waals surface area (Å²) in [7, 11) is 0. The maximum absolute atomic E-state index is 5.92. The molecule has 0 spiro atoms. The molecule has 0 unspecified atom stereocenters. The van der Waals surface area contributed by atoms with Crippen LogP contribution in [0.2, 0.25) is 5.02 Å². The van der Waals surface area contributed by atoms with Gasteiger partial charge in [-0.3, -0.25) is 4.40 Å². The number of aromatic nitrogens is 2. The van der Waals surface area contributed by atoms with Crippen LogP contribution in [0.3, 0.4) is 0 Å². The Labute approximate surface area is 96.2 Å². The topological polar surface area (TPSA) is 17.3 Å². The van der Waals surface area contributed by atoms with Crippen LogP contribution in [0.25, 0.3) is 5.65 Å². The summed E-state index contributed by atoms with van der Waals surface area (Å²) in [6.07, 6.45) is 3.65. The largest absolute Gasteiger partial charge is 0.293 e. The minimum absolute atomic E-state index is 0.693. The lowest BCUT2D eigenvalue weighted by Gasteiger charge is -1.98. The van der Waals surface area contributed by atoms with Gasteiger partial charge in [0.2, 0.25) is 0 Å². The molecular formula is C7H3BrClIN2. The lowest BCUT2D eigenvalue weighted by molar-refractivity contribution is 1.15. The standard InChI is InChI=1S/C7H3BrClIN2/c8-4-1-7-11-2-6(10)12(7)3-5(4)9/h1-3H. The molecule has 0 aliphatic rings. The third-order valence-electron chi connectivity index (χ3n) is 1.51. The molecule has 0 saturated heterocycles. The Hall–Kier alpha value is 0.190. The number of fused-ring (bicyclic) bond motifs is 1. The van der Waals surface area contributed by atoms with Gasteiger partial charge >= 0.3 is 0 Å². The molecule has 0 fully saturated rings. The minimum atomic E-state index is 0.693. The van der Waals surface area contributed by atoms with Gasteiger partial charge in [-0.05, 0) is 44.6 Å². The average Bonchev–Trinajstić information content (AvgIpc) is 2.35. The normalized spacial score (nSPS) is 10.9. The molecule has 0 atom stereocenters. The minimum Gasteiger partial charge on any atom is -0.293 e. The molecule has 0 aliphatic heterocycles. The van der Waals surface area contributed by atoms with E-state index in [-0.39, 0.29) is 0 Å². The van der Waals surface area contributed by atoms with Crippen molar-refractivity contribution in [1.29, 1.82) is 0 Å². The number of pyridine rings is 1. The first-order chi connectivity index (χ1) is 5.68. The Morgan fingerprint density at radius 3 is 3.08 bits per heavy atom. The number of halogens is 3. The van der Waals surface area contributed by atoms with Crippen LogP contribution < -0.4 is 0 Å². The van der Waals surface area contributed by atoms with Gasteiger partial charge in [0.05, 0.1) is 11.2 Å². The van der Waals surface area contributed by atoms with E-state index in [2.05, 4.69) is 43.5 Å². The van der Waals surface area contributed by atoms with Crippen LogP contribution in [0.1, 0.15) is 0 Å². The number of hydrogen-bond donors (Lipinski definition) is 0. The highest BCUT2D eigenvalue weighted by Gasteiger charge is 2.03. The van der Waals surface area contributed by atoms with Gasteiger partial charge in [-0.2, -0.15) is 0 Å². The highest BCUT2D eigenvalue weighted by molar-refractivity contribution is 14.1. The van der Waals surface area contributed by atoms with Crippen LogP contribution in [0.4, 0.5) is 0 Å². The molecule has 2 nitrogen and oxygen atoms in total. The first kappa shape index (κ1) is 8.77. The summed E-state index contributed by atoms with van der Waals surface area (Å²) in [5.41, 5.74) is 0.899. The van der Waals surface area contributed by atoms with Crippen molar-refractivity contribution in [1.82, 2.24) is 9.38 Å². The molecule has 5 heteroatoms. The van der Waals surface area contributed by atoms with Crippen LogP contribution in [0.5, 0.6) is 0 Å². The molecule has 0 amide bonds. The highest BCUT2D eigenvalue weighted by atomic mass is 127. The van der Waals surface area contributed by atoms with E-state index in [0.717, 1.165) is 13.8 Å². The van der Waals surface area contributed by atoms with Crippen molar-refractivity contribution in [2.45, 2.75) is 0 Å². The second kappa shape index (κ2) is 3.16. The van der Waals surface area contributed by atoms with Crippen LogP contribution in [-0.4, -0.2) is 9.38 Å². The van der Waals surface area contributed by atoms with Crippen molar-refractivity contribution in [3.63, 3.8) is 0 Å². The van der Waals surface area contributed by atoms with Gasteiger partial charge in [-0.25, -0.2) is 4.98 Å². The van der Waals surface area contributed by atoms with Gasteiger partial charge < -0.3 is 0 Å². The van der Waals surface area contributed by atoms with Gasteiger partial charge in [-0.15, -0.1) is 0 Å². The zero-order valence-corrected chi connectivity index (χ0v) is 10.3. The zero-order chi connectivity index (χ0) is 8.72. The molecule has 2 rings (SSSR count). The summed E-state index contributed by atoms with van der Waals surface area (Å²) in [5, 5.41) is 0.693. The second-order valence-corrected chi connectivity index (χ2v) is 4.65. The fraction of sp³-hybridized carbons (Fsp3) is 0. The molecule has 0 radical (unpaired) electrons. The average molecular weight is 357 g/mol. The Balaban J connectivity index is 2.87. The van der Waals surface area contributed by atoms with E-state index >= 15 is 0 Å². The third-order valence-corrected chi connectivity index (χ3v) is 3.49. The van der Waals surface area contributed by atoms with Crippen molar-refractivity contribution in [3.8, 4) is 0 Å². The van der Waals surface area contributed by atoms with Crippen LogP contribution in [0, 0.1) is 3.70 Å². The molecule has 62 valence electrons. The Morgan fingerprint density at radius 1 is 1.58 bits per heavy atom. The van der Waals surface area contributed by atoms with Crippen LogP contribution in [0.15, 0.2) is 22.9 Å². The highest BCUT2D eigenvalue weighted by Crippen LogP contribution is 2.24. The van der Waals surface area contributed by atoms with Gasteiger partial charge in [-0.1, -0.05) is 11.6 Å². The molecule has 0 aromatic carbocycles. The second-order valence-electron chi connectivity index (χ2n) is 2.28. The lowest BCUT2D eigenvalue weighted by Crippen LogP contribution is -1.86. The number of nitrogens with zero attached hydrogens (tertiary/aromatic N) is 2. The quantitative estimate of drug-likeness (QED) is 0.661. The summed E-state index contributed by atoms with van der Waals surface area (Å²) in [5.74, 6) is 0. The van der Waals surface area contributed by atoms with Crippen LogP contribution >= 0.6 is 50.1 Å². The maximum atomic E-state index is 5.92. The van der Waals surface area contributed by atoms with Crippen molar-refractivity contribution in [3.05, 3.63) is 31.7 Å². The van der Waals surface area contributed by atoms with Crippen LogP contribution in [-0.2, 0) is 0 Å². The summed E-state index contributed by atoms with van der Waals surface area (Å²) >= 11 is 11.5. The molecule has 0 aliphatic carbocycles. The summed E-state index contributed by atoms with van der Waals surface area (Å²) in [4.78, 5) is 4.19. The third kappa shape index (κ3) is 1.36. The predicted octanol–water partition coefficient (Wildman–Crippen LogP) is 3.35. The van der Waals surface area contributed by atoms with Crippen molar-refractivity contribution in [2.24, 2.45) is 0 Å². The number of hydrogen-bond acceptors (Lipinski definition) is 1. The summed E-state index contributed by atoms with van der Waals surface area (Å²) < 4.78 is 3.86. The van der Waals surface area contributed by atoms with Gasteiger partial charge in [0.25, 0.3) is 0 Å². The van der Waals surface area contributed by atoms with Crippen molar-refractivity contribution >= 4 is 55.8 Å². The van der Waals surface area contributed by atoms with E-state index in [0.29, 0.717) is 5.02 Å². The first-order valence-electron chi connectivity index (χ1n) is 3.16. The fourth-order valence-electron chi connectivity index (χ4n) is 0.945. The molecule has 2 aromatic heterocycles. The molecular weight excluding hydrogens is 354 g/mol. The van der Waals surface area contributed by atoms with Gasteiger partial charge in [0.1, 0.15) is 9.35 Å². The molecule has 0 N–H and O–H groups in total. The van der Waals surface area contributed by atoms with Crippen molar-refractivity contribution in [2.75, 3.05) is 0 Å². The number of rotatable bonds is 0.